The van der Waals surface area contributed by atoms with Crippen LogP contribution in [-0.2, 0) is 6.42 Å². The van der Waals surface area contributed by atoms with Crippen LogP contribution >= 0.6 is 11.6 Å². The smallest absolute Gasteiger partial charge is 0.123 e. The second-order valence-electron chi connectivity index (χ2n) is 4.23. The van der Waals surface area contributed by atoms with Gasteiger partial charge < -0.3 is 10.1 Å². The Morgan fingerprint density at radius 2 is 2.33 bits per heavy atom. The predicted octanol–water partition coefficient (Wildman–Crippen LogP) is 2.35. The molecule has 1 aromatic carbocycles. The summed E-state index contributed by atoms with van der Waals surface area (Å²) < 4.78 is 5.57. The zero-order chi connectivity index (χ0) is 10.3. The molecule has 1 N–H and O–H groups in total. The van der Waals surface area contributed by atoms with Crippen molar-refractivity contribution in [2.24, 2.45) is 0 Å². The Hall–Kier alpha value is -0.730. The zero-order valence-corrected chi connectivity index (χ0v) is 9.31. The summed E-state index contributed by atoms with van der Waals surface area (Å²) in [7, 11) is 0. The number of rotatable bonds is 1. The standard InChI is InChI=1S/C12H14ClNO/c13-10-1-2-11-9(4-6-15-11)12(10)8-3-5-14-7-8/h1-2,8,14H,3-7H2. The highest BCUT2D eigenvalue weighted by Crippen LogP contribution is 2.39. The molecular weight excluding hydrogens is 210 g/mol. The maximum absolute atomic E-state index is 6.30. The van der Waals surface area contributed by atoms with Gasteiger partial charge in [-0.1, -0.05) is 11.6 Å². The van der Waals surface area contributed by atoms with E-state index in [-0.39, 0.29) is 0 Å². The molecule has 0 aromatic heterocycles. The van der Waals surface area contributed by atoms with Gasteiger partial charge in [-0.2, -0.15) is 0 Å². The average molecular weight is 224 g/mol. The molecule has 2 aliphatic heterocycles. The molecule has 1 unspecified atom stereocenters. The molecule has 0 radical (unpaired) electrons. The summed E-state index contributed by atoms with van der Waals surface area (Å²) in [5, 5.41) is 4.30. The number of fused-ring (bicyclic) bond motifs is 1. The average Bonchev–Trinajstić information content (AvgIpc) is 2.85. The van der Waals surface area contributed by atoms with Gasteiger partial charge in [0.15, 0.2) is 0 Å². The van der Waals surface area contributed by atoms with E-state index in [2.05, 4.69) is 5.32 Å². The van der Waals surface area contributed by atoms with Gasteiger partial charge in [0, 0.05) is 23.6 Å². The van der Waals surface area contributed by atoms with Crippen molar-refractivity contribution in [1.82, 2.24) is 5.32 Å². The molecule has 0 aliphatic carbocycles. The third-order valence-corrected chi connectivity index (χ3v) is 3.67. The van der Waals surface area contributed by atoms with Crippen molar-refractivity contribution in [2.45, 2.75) is 18.8 Å². The Labute approximate surface area is 94.6 Å². The highest BCUT2D eigenvalue weighted by atomic mass is 35.5. The molecule has 80 valence electrons. The lowest BCUT2D eigenvalue weighted by Gasteiger charge is -2.15. The molecule has 0 bridgehead atoms. The monoisotopic (exact) mass is 223 g/mol. The molecule has 2 nitrogen and oxygen atoms in total. The number of ether oxygens (including phenoxy) is 1. The van der Waals surface area contributed by atoms with Gasteiger partial charge in [-0.25, -0.2) is 0 Å². The van der Waals surface area contributed by atoms with E-state index in [0.29, 0.717) is 5.92 Å². The fourth-order valence-corrected chi connectivity index (χ4v) is 2.95. The van der Waals surface area contributed by atoms with Crippen LogP contribution in [0.5, 0.6) is 5.75 Å². The molecular formula is C12H14ClNO. The van der Waals surface area contributed by atoms with Crippen LogP contribution in [0.15, 0.2) is 12.1 Å². The number of hydrogen-bond acceptors (Lipinski definition) is 2. The van der Waals surface area contributed by atoms with Crippen molar-refractivity contribution >= 4 is 11.6 Å². The van der Waals surface area contributed by atoms with Crippen LogP contribution in [0.1, 0.15) is 23.5 Å². The van der Waals surface area contributed by atoms with Gasteiger partial charge in [-0.15, -0.1) is 0 Å². The van der Waals surface area contributed by atoms with Crippen LogP contribution in [0.25, 0.3) is 0 Å². The summed E-state index contributed by atoms with van der Waals surface area (Å²) >= 11 is 6.30. The minimum atomic E-state index is 0.578. The molecule has 3 rings (SSSR count). The first-order valence-corrected chi connectivity index (χ1v) is 5.89. The van der Waals surface area contributed by atoms with Gasteiger partial charge in [-0.3, -0.25) is 0 Å². The highest BCUT2D eigenvalue weighted by Gasteiger charge is 2.26. The maximum atomic E-state index is 6.30. The Bertz CT molecular complexity index is 385. The van der Waals surface area contributed by atoms with E-state index < -0.39 is 0 Å². The quantitative estimate of drug-likeness (QED) is 0.789. The molecule has 3 heteroatoms. The lowest BCUT2D eigenvalue weighted by atomic mass is 9.92. The fourth-order valence-electron chi connectivity index (χ4n) is 2.61. The molecule has 1 aromatic rings. The number of hydrogen-bond donors (Lipinski definition) is 1. The van der Waals surface area contributed by atoms with E-state index in [4.69, 9.17) is 16.3 Å². The second-order valence-corrected chi connectivity index (χ2v) is 4.63. The van der Waals surface area contributed by atoms with Crippen molar-refractivity contribution in [2.75, 3.05) is 19.7 Å². The number of halogens is 1. The largest absolute Gasteiger partial charge is 0.493 e. The van der Waals surface area contributed by atoms with E-state index in [1.165, 1.54) is 17.5 Å². The van der Waals surface area contributed by atoms with Crippen LogP contribution in [0, 0.1) is 0 Å². The van der Waals surface area contributed by atoms with Crippen LogP contribution < -0.4 is 10.1 Å². The van der Waals surface area contributed by atoms with Crippen molar-refractivity contribution in [1.29, 1.82) is 0 Å². The van der Waals surface area contributed by atoms with E-state index in [0.717, 1.165) is 36.9 Å². The van der Waals surface area contributed by atoms with Gasteiger partial charge in [0.05, 0.1) is 6.61 Å². The van der Waals surface area contributed by atoms with Gasteiger partial charge in [0.25, 0.3) is 0 Å². The van der Waals surface area contributed by atoms with Crippen molar-refractivity contribution in [3.05, 3.63) is 28.3 Å². The number of nitrogens with one attached hydrogen (secondary N) is 1. The van der Waals surface area contributed by atoms with Crippen molar-refractivity contribution < 1.29 is 4.74 Å². The highest BCUT2D eigenvalue weighted by molar-refractivity contribution is 6.31. The van der Waals surface area contributed by atoms with E-state index in [1.807, 2.05) is 12.1 Å². The van der Waals surface area contributed by atoms with Gasteiger partial charge >= 0.3 is 0 Å². The maximum Gasteiger partial charge on any atom is 0.123 e. The molecule has 2 aliphatic rings. The first-order valence-electron chi connectivity index (χ1n) is 5.51. The van der Waals surface area contributed by atoms with Crippen LogP contribution in [0.4, 0.5) is 0 Å². The zero-order valence-electron chi connectivity index (χ0n) is 8.55. The molecule has 1 atom stereocenters. The number of benzene rings is 1. The SMILES string of the molecule is Clc1ccc2c(c1C1CCNC1)CCO2. The molecule has 2 heterocycles. The first-order chi connectivity index (χ1) is 7.36. The summed E-state index contributed by atoms with van der Waals surface area (Å²) in [5.41, 5.74) is 2.67. The Morgan fingerprint density at radius 1 is 1.40 bits per heavy atom. The van der Waals surface area contributed by atoms with Gasteiger partial charge in [0.1, 0.15) is 5.75 Å². The van der Waals surface area contributed by atoms with Gasteiger partial charge in [-0.05, 0) is 36.6 Å². The van der Waals surface area contributed by atoms with Crippen LogP contribution in [0.2, 0.25) is 5.02 Å². The lowest BCUT2D eigenvalue weighted by Crippen LogP contribution is -2.09. The Balaban J connectivity index is 2.08. The van der Waals surface area contributed by atoms with Crippen LogP contribution in [-0.4, -0.2) is 19.7 Å². The molecule has 0 amide bonds. The topological polar surface area (TPSA) is 21.3 Å². The predicted molar refractivity (Wildman–Crippen MR) is 60.9 cm³/mol. The Morgan fingerprint density at radius 3 is 3.13 bits per heavy atom. The normalized spacial score (nSPS) is 23.9. The van der Waals surface area contributed by atoms with E-state index >= 15 is 0 Å². The summed E-state index contributed by atoms with van der Waals surface area (Å²) in [6.07, 6.45) is 2.21. The van der Waals surface area contributed by atoms with Crippen LogP contribution in [0.3, 0.4) is 0 Å². The summed E-state index contributed by atoms with van der Waals surface area (Å²) in [6, 6.07) is 3.97. The second kappa shape index (κ2) is 3.69. The molecule has 0 saturated carbocycles. The van der Waals surface area contributed by atoms with Crippen molar-refractivity contribution in [3.63, 3.8) is 0 Å². The minimum Gasteiger partial charge on any atom is -0.493 e. The molecule has 0 spiro atoms. The summed E-state index contributed by atoms with van der Waals surface area (Å²) in [5.74, 6) is 1.62. The third-order valence-electron chi connectivity index (χ3n) is 3.34. The minimum absolute atomic E-state index is 0.578. The summed E-state index contributed by atoms with van der Waals surface area (Å²) in [4.78, 5) is 0. The fraction of sp³-hybridized carbons (Fsp3) is 0.500. The van der Waals surface area contributed by atoms with Gasteiger partial charge in [0.2, 0.25) is 0 Å². The van der Waals surface area contributed by atoms with E-state index in [1.54, 1.807) is 0 Å². The molecule has 1 fully saturated rings. The lowest BCUT2D eigenvalue weighted by molar-refractivity contribution is 0.357. The third kappa shape index (κ3) is 1.52. The first kappa shape index (κ1) is 9.49. The Kier molecular flexibility index (Phi) is 2.33. The molecule has 1 saturated heterocycles. The molecule has 15 heavy (non-hydrogen) atoms. The van der Waals surface area contributed by atoms with E-state index in [9.17, 15) is 0 Å². The summed E-state index contributed by atoms with van der Waals surface area (Å²) in [6.45, 7) is 2.96. The van der Waals surface area contributed by atoms with Crippen molar-refractivity contribution in [3.8, 4) is 5.75 Å².